The van der Waals surface area contributed by atoms with Gasteiger partial charge in [0.25, 0.3) is 0 Å². The van der Waals surface area contributed by atoms with Crippen molar-refractivity contribution in [2.75, 3.05) is 6.54 Å². The fraction of sp³-hybridized carbons (Fsp3) is 0.286. The summed E-state index contributed by atoms with van der Waals surface area (Å²) in [5, 5.41) is 4.40. The lowest BCUT2D eigenvalue weighted by Crippen LogP contribution is -2.18. The van der Waals surface area contributed by atoms with Crippen molar-refractivity contribution in [3.05, 3.63) is 46.8 Å². The molecule has 1 unspecified atom stereocenters. The second-order valence-electron chi connectivity index (χ2n) is 4.11. The zero-order valence-electron chi connectivity index (χ0n) is 10.9. The van der Waals surface area contributed by atoms with Gasteiger partial charge in [0.2, 0.25) is 0 Å². The van der Waals surface area contributed by atoms with Gasteiger partial charge in [0.05, 0.1) is 0 Å². The number of nitrogens with zero attached hydrogens (tertiary/aromatic N) is 2. The van der Waals surface area contributed by atoms with E-state index in [1.807, 2.05) is 6.07 Å². The number of rotatable bonds is 5. The molecule has 0 fully saturated rings. The van der Waals surface area contributed by atoms with E-state index in [9.17, 15) is 0 Å². The van der Waals surface area contributed by atoms with Crippen LogP contribution in [0.15, 0.2) is 51.2 Å². The Balaban J connectivity index is 2.29. The molecule has 0 spiro atoms. The molecule has 0 saturated heterocycles. The SMILES string of the molecule is CCNC(C)c1ccc(Br)cc1Sc1ccncn1. The van der Waals surface area contributed by atoms with Crippen molar-refractivity contribution in [3.63, 3.8) is 0 Å². The van der Waals surface area contributed by atoms with Crippen LogP contribution in [0.2, 0.25) is 0 Å². The predicted molar refractivity (Wildman–Crippen MR) is 82.4 cm³/mol. The van der Waals surface area contributed by atoms with Gasteiger partial charge in [0.15, 0.2) is 0 Å². The molecule has 5 heteroatoms. The van der Waals surface area contributed by atoms with Gasteiger partial charge in [-0.25, -0.2) is 9.97 Å². The number of hydrogen-bond acceptors (Lipinski definition) is 4. The molecule has 19 heavy (non-hydrogen) atoms. The first-order valence-electron chi connectivity index (χ1n) is 6.17. The predicted octanol–water partition coefficient (Wildman–Crippen LogP) is 4.06. The Hall–Kier alpha value is -0.910. The molecule has 2 rings (SSSR count). The molecule has 0 aliphatic rings. The van der Waals surface area contributed by atoms with Crippen molar-refractivity contribution in [2.24, 2.45) is 0 Å². The van der Waals surface area contributed by atoms with Gasteiger partial charge < -0.3 is 5.32 Å². The smallest absolute Gasteiger partial charge is 0.116 e. The summed E-state index contributed by atoms with van der Waals surface area (Å²) in [6.45, 7) is 5.25. The first-order chi connectivity index (χ1) is 9.20. The van der Waals surface area contributed by atoms with Gasteiger partial charge in [-0.05, 0) is 37.2 Å². The van der Waals surface area contributed by atoms with Crippen molar-refractivity contribution in [1.82, 2.24) is 15.3 Å². The van der Waals surface area contributed by atoms with Crippen LogP contribution in [0.4, 0.5) is 0 Å². The molecule has 100 valence electrons. The molecule has 2 aromatic rings. The lowest BCUT2D eigenvalue weighted by Gasteiger charge is -2.17. The molecule has 0 bridgehead atoms. The number of hydrogen-bond donors (Lipinski definition) is 1. The first-order valence-corrected chi connectivity index (χ1v) is 7.78. The van der Waals surface area contributed by atoms with Crippen LogP contribution >= 0.6 is 27.7 Å². The van der Waals surface area contributed by atoms with Crippen molar-refractivity contribution in [3.8, 4) is 0 Å². The highest BCUT2D eigenvalue weighted by Crippen LogP contribution is 2.34. The lowest BCUT2D eigenvalue weighted by molar-refractivity contribution is 0.589. The van der Waals surface area contributed by atoms with E-state index in [4.69, 9.17) is 0 Å². The van der Waals surface area contributed by atoms with E-state index in [2.05, 4.69) is 63.3 Å². The van der Waals surface area contributed by atoms with E-state index in [0.717, 1.165) is 16.0 Å². The van der Waals surface area contributed by atoms with E-state index in [-0.39, 0.29) is 0 Å². The number of nitrogens with one attached hydrogen (secondary N) is 1. The number of benzene rings is 1. The first kappa shape index (κ1) is 14.5. The van der Waals surface area contributed by atoms with Crippen LogP contribution < -0.4 is 5.32 Å². The Kier molecular flexibility index (Phi) is 5.36. The molecule has 0 aliphatic heterocycles. The Labute approximate surface area is 126 Å². The molecular formula is C14H16BrN3S. The number of halogens is 1. The molecule has 0 amide bonds. The Bertz CT molecular complexity index is 533. The molecule has 0 saturated carbocycles. The van der Waals surface area contributed by atoms with Crippen molar-refractivity contribution >= 4 is 27.7 Å². The minimum atomic E-state index is 0.322. The third-order valence-corrected chi connectivity index (χ3v) is 4.24. The van der Waals surface area contributed by atoms with E-state index in [1.165, 1.54) is 10.5 Å². The molecule has 0 radical (unpaired) electrons. The summed E-state index contributed by atoms with van der Waals surface area (Å²) in [7, 11) is 0. The summed E-state index contributed by atoms with van der Waals surface area (Å²) in [6, 6.07) is 8.61. The van der Waals surface area contributed by atoms with Gasteiger partial charge >= 0.3 is 0 Å². The van der Waals surface area contributed by atoms with Gasteiger partial charge in [-0.15, -0.1) is 0 Å². The van der Waals surface area contributed by atoms with Crippen molar-refractivity contribution in [1.29, 1.82) is 0 Å². The Morgan fingerprint density at radius 2 is 2.21 bits per heavy atom. The average molecular weight is 338 g/mol. The molecule has 1 aromatic heterocycles. The standard InChI is InChI=1S/C14H16BrN3S/c1-3-17-10(2)12-5-4-11(15)8-13(12)19-14-6-7-16-9-18-14/h4-10,17H,3H2,1-2H3. The quantitative estimate of drug-likeness (QED) is 0.835. The minimum absolute atomic E-state index is 0.322. The molecule has 0 aliphatic carbocycles. The molecule has 3 nitrogen and oxygen atoms in total. The molecular weight excluding hydrogens is 322 g/mol. The summed E-state index contributed by atoms with van der Waals surface area (Å²) in [6.07, 6.45) is 3.34. The second kappa shape index (κ2) is 7.03. The number of aromatic nitrogens is 2. The van der Waals surface area contributed by atoms with E-state index in [1.54, 1.807) is 24.3 Å². The second-order valence-corrected chi connectivity index (χ2v) is 6.09. The maximum Gasteiger partial charge on any atom is 0.116 e. The topological polar surface area (TPSA) is 37.8 Å². The van der Waals surface area contributed by atoms with Crippen molar-refractivity contribution in [2.45, 2.75) is 29.8 Å². The Morgan fingerprint density at radius 1 is 1.37 bits per heavy atom. The van der Waals surface area contributed by atoms with Gasteiger partial charge in [-0.1, -0.05) is 40.7 Å². The van der Waals surface area contributed by atoms with Crippen LogP contribution in [-0.4, -0.2) is 16.5 Å². The summed E-state index contributed by atoms with van der Waals surface area (Å²) in [4.78, 5) is 9.42. The minimum Gasteiger partial charge on any atom is -0.310 e. The van der Waals surface area contributed by atoms with Crippen LogP contribution in [0.3, 0.4) is 0 Å². The average Bonchev–Trinajstić information content (AvgIpc) is 2.40. The van der Waals surface area contributed by atoms with Gasteiger partial charge in [-0.3, -0.25) is 0 Å². The lowest BCUT2D eigenvalue weighted by atomic mass is 10.1. The van der Waals surface area contributed by atoms with Crippen LogP contribution in [0, 0.1) is 0 Å². The van der Waals surface area contributed by atoms with E-state index < -0.39 is 0 Å². The molecule has 1 N–H and O–H groups in total. The summed E-state index contributed by atoms with van der Waals surface area (Å²) < 4.78 is 1.08. The largest absolute Gasteiger partial charge is 0.310 e. The van der Waals surface area contributed by atoms with Crippen LogP contribution in [-0.2, 0) is 0 Å². The fourth-order valence-electron chi connectivity index (χ4n) is 1.82. The molecule has 1 heterocycles. The normalized spacial score (nSPS) is 12.4. The maximum atomic E-state index is 4.27. The molecule has 1 atom stereocenters. The highest BCUT2D eigenvalue weighted by Gasteiger charge is 2.11. The zero-order chi connectivity index (χ0) is 13.7. The van der Waals surface area contributed by atoms with Crippen LogP contribution in [0.25, 0.3) is 0 Å². The highest BCUT2D eigenvalue weighted by atomic mass is 79.9. The molecule has 1 aromatic carbocycles. The third kappa shape index (κ3) is 4.03. The van der Waals surface area contributed by atoms with Gasteiger partial charge in [0, 0.05) is 21.6 Å². The highest BCUT2D eigenvalue weighted by molar-refractivity contribution is 9.10. The summed E-state index contributed by atoms with van der Waals surface area (Å²) in [5.74, 6) is 0. The van der Waals surface area contributed by atoms with E-state index in [0.29, 0.717) is 6.04 Å². The van der Waals surface area contributed by atoms with Crippen LogP contribution in [0.5, 0.6) is 0 Å². The third-order valence-electron chi connectivity index (χ3n) is 2.72. The Morgan fingerprint density at radius 3 is 2.89 bits per heavy atom. The maximum absolute atomic E-state index is 4.27. The summed E-state index contributed by atoms with van der Waals surface area (Å²) >= 11 is 5.19. The zero-order valence-corrected chi connectivity index (χ0v) is 13.3. The monoisotopic (exact) mass is 337 g/mol. The fourth-order valence-corrected chi connectivity index (χ4v) is 3.34. The van der Waals surface area contributed by atoms with Gasteiger partial charge in [0.1, 0.15) is 11.4 Å². The van der Waals surface area contributed by atoms with Gasteiger partial charge in [-0.2, -0.15) is 0 Å². The summed E-state index contributed by atoms with van der Waals surface area (Å²) in [5.41, 5.74) is 1.29. The van der Waals surface area contributed by atoms with Crippen molar-refractivity contribution < 1.29 is 0 Å². The van der Waals surface area contributed by atoms with Crippen LogP contribution in [0.1, 0.15) is 25.5 Å². The van der Waals surface area contributed by atoms with E-state index >= 15 is 0 Å².